The molecule has 1 amide bonds. The summed E-state index contributed by atoms with van der Waals surface area (Å²) in [5.41, 5.74) is 1.11. The summed E-state index contributed by atoms with van der Waals surface area (Å²) in [5, 5.41) is 9.09. The summed E-state index contributed by atoms with van der Waals surface area (Å²) < 4.78 is 4.88. The Balaban J connectivity index is 4.01. The van der Waals surface area contributed by atoms with E-state index in [0.717, 1.165) is 0 Å². The molecule has 0 aromatic rings. The van der Waals surface area contributed by atoms with Crippen molar-refractivity contribution in [3.63, 3.8) is 0 Å². The highest BCUT2D eigenvalue weighted by atomic mass is 16.6. The van der Waals surface area contributed by atoms with Gasteiger partial charge < -0.3 is 9.84 Å². The van der Waals surface area contributed by atoms with Crippen LogP contribution in [0.5, 0.6) is 0 Å². The molecule has 0 rings (SSSR count). The summed E-state index contributed by atoms with van der Waals surface area (Å²) in [4.78, 5) is 21.8. The van der Waals surface area contributed by atoms with Crippen LogP contribution in [0.2, 0.25) is 0 Å². The van der Waals surface area contributed by atoms with Gasteiger partial charge in [-0.05, 0) is 20.8 Å². The number of aliphatic hydroxyl groups excluding tert-OH is 1. The molecule has 0 aromatic carbocycles. The van der Waals surface area contributed by atoms with Gasteiger partial charge in [-0.15, -0.1) is 0 Å². The second-order valence-corrected chi connectivity index (χ2v) is 3.81. The number of hydrazine groups is 1. The van der Waals surface area contributed by atoms with Gasteiger partial charge in [-0.3, -0.25) is 15.0 Å². The fourth-order valence-corrected chi connectivity index (χ4v) is 0.730. The van der Waals surface area contributed by atoms with Crippen LogP contribution >= 0.6 is 0 Å². The number of hydrogen-bond donors (Lipinski definition) is 3. The second-order valence-electron chi connectivity index (χ2n) is 3.81. The predicted octanol–water partition coefficient (Wildman–Crippen LogP) is -0.931. The average Bonchev–Trinajstić information content (AvgIpc) is 1.99. The van der Waals surface area contributed by atoms with Gasteiger partial charge in [0.2, 0.25) is 0 Å². The van der Waals surface area contributed by atoms with Gasteiger partial charge in [0, 0.05) is 0 Å². The first kappa shape index (κ1) is 12.9. The van der Waals surface area contributed by atoms with Gasteiger partial charge in [0.15, 0.2) is 0 Å². The van der Waals surface area contributed by atoms with Gasteiger partial charge in [-0.2, -0.15) is 0 Å². The van der Waals surface area contributed by atoms with Crippen LogP contribution in [-0.4, -0.2) is 28.7 Å². The molecule has 0 spiro atoms. The lowest BCUT2D eigenvalue weighted by atomic mass is 10.2. The summed E-state index contributed by atoms with van der Waals surface area (Å²) in [6.07, 6.45) is -1.87. The average molecular weight is 204 g/mol. The molecule has 82 valence electrons. The Morgan fingerprint density at radius 1 is 1.50 bits per heavy atom. The van der Waals surface area contributed by atoms with Crippen LogP contribution in [0.1, 0.15) is 27.2 Å². The number of aliphatic hydroxyl groups is 1. The Morgan fingerprint density at radius 3 is 2.36 bits per heavy atom. The maximum absolute atomic E-state index is 11.1. The summed E-state index contributed by atoms with van der Waals surface area (Å²) in [5.74, 6) is 3.31. The molecule has 0 heterocycles. The van der Waals surface area contributed by atoms with Gasteiger partial charge in [-0.1, -0.05) is 0 Å². The van der Waals surface area contributed by atoms with Crippen molar-refractivity contribution < 1.29 is 19.4 Å². The zero-order valence-corrected chi connectivity index (χ0v) is 8.53. The molecule has 1 unspecified atom stereocenters. The molecular weight excluding hydrogens is 188 g/mol. The zero-order valence-electron chi connectivity index (χ0n) is 8.53. The Morgan fingerprint density at radius 2 is 2.00 bits per heavy atom. The van der Waals surface area contributed by atoms with E-state index in [9.17, 15) is 9.59 Å². The summed E-state index contributed by atoms with van der Waals surface area (Å²) in [6.45, 7) is 5.08. The topological polar surface area (TPSA) is 102 Å². The summed E-state index contributed by atoms with van der Waals surface area (Å²) in [6, 6.07) is 0. The van der Waals surface area contributed by atoms with E-state index < -0.39 is 30.0 Å². The van der Waals surface area contributed by atoms with Crippen LogP contribution in [0.15, 0.2) is 0 Å². The number of nitrogens with one attached hydrogen (secondary N) is 1. The highest BCUT2D eigenvalue weighted by Crippen LogP contribution is 2.09. The quantitative estimate of drug-likeness (QED) is 0.238. The smallest absolute Gasteiger partial charge is 0.309 e. The van der Waals surface area contributed by atoms with Crippen molar-refractivity contribution in [3.05, 3.63) is 0 Å². The van der Waals surface area contributed by atoms with Crippen LogP contribution < -0.4 is 11.3 Å². The fourth-order valence-electron chi connectivity index (χ4n) is 0.730. The minimum atomic E-state index is -1.46. The fraction of sp³-hybridized carbons (Fsp3) is 0.750. The van der Waals surface area contributed by atoms with Crippen LogP contribution in [0, 0.1) is 0 Å². The minimum absolute atomic E-state index is 0.402. The number of hydrogen-bond acceptors (Lipinski definition) is 5. The molecule has 0 aliphatic rings. The SMILES string of the molecule is CC(C)(C)OC(=O)CC(O)C(=O)NN. The highest BCUT2D eigenvalue weighted by molar-refractivity contribution is 5.85. The van der Waals surface area contributed by atoms with E-state index >= 15 is 0 Å². The third-order valence-electron chi connectivity index (χ3n) is 1.22. The molecule has 0 fully saturated rings. The molecule has 0 saturated carbocycles. The molecule has 6 nitrogen and oxygen atoms in total. The Kier molecular flexibility index (Phi) is 4.52. The first-order chi connectivity index (χ1) is 6.26. The van der Waals surface area contributed by atoms with Crippen molar-refractivity contribution in [3.8, 4) is 0 Å². The number of nitrogens with two attached hydrogens (primary N) is 1. The van der Waals surface area contributed by atoms with Gasteiger partial charge in [0.1, 0.15) is 11.7 Å². The number of amides is 1. The van der Waals surface area contributed by atoms with Gasteiger partial charge >= 0.3 is 5.97 Å². The maximum atomic E-state index is 11.1. The third kappa shape index (κ3) is 5.50. The van der Waals surface area contributed by atoms with E-state index in [1.165, 1.54) is 0 Å². The molecule has 0 bridgehead atoms. The molecule has 14 heavy (non-hydrogen) atoms. The second kappa shape index (κ2) is 4.92. The van der Waals surface area contributed by atoms with Crippen molar-refractivity contribution in [2.75, 3.05) is 0 Å². The van der Waals surface area contributed by atoms with E-state index in [1.54, 1.807) is 26.2 Å². The molecular formula is C8H16N2O4. The third-order valence-corrected chi connectivity index (χ3v) is 1.22. The monoisotopic (exact) mass is 204 g/mol. The predicted molar refractivity (Wildman–Crippen MR) is 48.8 cm³/mol. The normalized spacial score (nSPS) is 13.2. The lowest BCUT2D eigenvalue weighted by molar-refractivity contribution is -0.159. The van der Waals surface area contributed by atoms with E-state index in [4.69, 9.17) is 15.7 Å². The lowest BCUT2D eigenvalue weighted by Crippen LogP contribution is -2.40. The molecule has 1 atom stereocenters. The van der Waals surface area contributed by atoms with Crippen molar-refractivity contribution in [2.45, 2.75) is 38.9 Å². The van der Waals surface area contributed by atoms with Gasteiger partial charge in [-0.25, -0.2) is 5.84 Å². The van der Waals surface area contributed by atoms with Crippen molar-refractivity contribution in [1.29, 1.82) is 0 Å². The molecule has 0 radical (unpaired) electrons. The number of ether oxygens (including phenoxy) is 1. The number of carbonyl (C=O) groups is 2. The zero-order chi connectivity index (χ0) is 11.4. The van der Waals surface area contributed by atoms with E-state index in [1.807, 2.05) is 0 Å². The molecule has 0 aliphatic carbocycles. The van der Waals surface area contributed by atoms with Crippen molar-refractivity contribution in [1.82, 2.24) is 5.43 Å². The van der Waals surface area contributed by atoms with Crippen LogP contribution in [0.25, 0.3) is 0 Å². The summed E-state index contributed by atoms with van der Waals surface area (Å²) >= 11 is 0. The Hall–Kier alpha value is -1.14. The first-order valence-corrected chi connectivity index (χ1v) is 4.16. The highest BCUT2D eigenvalue weighted by Gasteiger charge is 2.22. The number of rotatable bonds is 3. The number of carbonyl (C=O) groups excluding carboxylic acids is 2. The van der Waals surface area contributed by atoms with Crippen LogP contribution in [0.4, 0.5) is 0 Å². The van der Waals surface area contributed by atoms with Crippen LogP contribution in [0.3, 0.4) is 0 Å². The van der Waals surface area contributed by atoms with Gasteiger partial charge in [0.25, 0.3) is 5.91 Å². The Bertz CT molecular complexity index is 222. The molecule has 0 saturated heterocycles. The Labute approximate surface area is 82.4 Å². The standard InChI is InChI=1S/C8H16N2O4/c1-8(2,3)14-6(12)4-5(11)7(13)10-9/h5,11H,4,9H2,1-3H3,(H,10,13). The van der Waals surface area contributed by atoms with E-state index in [-0.39, 0.29) is 0 Å². The summed E-state index contributed by atoms with van der Waals surface area (Å²) in [7, 11) is 0. The minimum Gasteiger partial charge on any atom is -0.460 e. The van der Waals surface area contributed by atoms with Crippen molar-refractivity contribution >= 4 is 11.9 Å². The molecule has 0 aromatic heterocycles. The van der Waals surface area contributed by atoms with E-state index in [0.29, 0.717) is 0 Å². The molecule has 0 aliphatic heterocycles. The molecule has 4 N–H and O–H groups in total. The van der Waals surface area contributed by atoms with Crippen molar-refractivity contribution in [2.24, 2.45) is 5.84 Å². The molecule has 6 heteroatoms. The van der Waals surface area contributed by atoms with Crippen LogP contribution in [-0.2, 0) is 14.3 Å². The maximum Gasteiger partial charge on any atom is 0.309 e. The van der Waals surface area contributed by atoms with Gasteiger partial charge in [0.05, 0.1) is 6.42 Å². The van der Waals surface area contributed by atoms with E-state index in [2.05, 4.69) is 0 Å². The first-order valence-electron chi connectivity index (χ1n) is 4.16. The lowest BCUT2D eigenvalue weighted by Gasteiger charge is -2.20. The number of esters is 1. The largest absolute Gasteiger partial charge is 0.460 e.